The van der Waals surface area contributed by atoms with Gasteiger partial charge in [-0.15, -0.1) is 0 Å². The standard InChI is InChI=1S/C11H12N4O3/c16-11(17)12-6-8-18-10-4-1-3-9(14-10)15-7-2-5-13-15/h1-5,7,12H,6,8H2,(H,16,17). The summed E-state index contributed by atoms with van der Waals surface area (Å²) < 4.78 is 6.93. The quantitative estimate of drug-likeness (QED) is 0.768. The molecule has 7 heteroatoms. The molecule has 0 aromatic carbocycles. The summed E-state index contributed by atoms with van der Waals surface area (Å²) in [5, 5.41) is 14.6. The molecule has 0 spiro atoms. The van der Waals surface area contributed by atoms with Crippen molar-refractivity contribution in [3.63, 3.8) is 0 Å². The molecule has 0 unspecified atom stereocenters. The van der Waals surface area contributed by atoms with E-state index in [-0.39, 0.29) is 13.2 Å². The summed E-state index contributed by atoms with van der Waals surface area (Å²) in [6.07, 6.45) is 2.36. The fourth-order valence-electron chi connectivity index (χ4n) is 1.33. The highest BCUT2D eigenvalue weighted by Crippen LogP contribution is 2.10. The first-order valence-electron chi connectivity index (χ1n) is 5.32. The second-order valence-electron chi connectivity index (χ2n) is 3.37. The predicted octanol–water partition coefficient (Wildman–Crippen LogP) is 0.914. The van der Waals surface area contributed by atoms with E-state index in [1.807, 2.05) is 0 Å². The van der Waals surface area contributed by atoms with Crippen molar-refractivity contribution in [1.82, 2.24) is 20.1 Å². The monoisotopic (exact) mass is 248 g/mol. The Kier molecular flexibility index (Phi) is 3.75. The van der Waals surface area contributed by atoms with Gasteiger partial charge in [0, 0.05) is 18.5 Å². The number of amides is 1. The van der Waals surface area contributed by atoms with E-state index < -0.39 is 6.09 Å². The first kappa shape index (κ1) is 11.9. The highest BCUT2D eigenvalue weighted by Gasteiger charge is 2.01. The van der Waals surface area contributed by atoms with Gasteiger partial charge < -0.3 is 15.2 Å². The number of nitrogens with zero attached hydrogens (tertiary/aromatic N) is 3. The Hall–Kier alpha value is -2.57. The van der Waals surface area contributed by atoms with Gasteiger partial charge in [-0.05, 0) is 12.1 Å². The van der Waals surface area contributed by atoms with Crippen molar-refractivity contribution in [3.05, 3.63) is 36.7 Å². The van der Waals surface area contributed by atoms with Crippen LogP contribution >= 0.6 is 0 Å². The van der Waals surface area contributed by atoms with Crippen LogP contribution in [-0.2, 0) is 0 Å². The molecule has 2 aromatic heterocycles. The van der Waals surface area contributed by atoms with Crippen molar-refractivity contribution < 1.29 is 14.6 Å². The fraction of sp³-hybridized carbons (Fsp3) is 0.182. The number of pyridine rings is 1. The third kappa shape index (κ3) is 3.21. The third-order valence-corrected chi connectivity index (χ3v) is 2.08. The minimum Gasteiger partial charge on any atom is -0.476 e. The lowest BCUT2D eigenvalue weighted by atomic mass is 10.4. The molecule has 0 aliphatic rings. The lowest BCUT2D eigenvalue weighted by Crippen LogP contribution is -2.26. The molecule has 0 aliphatic heterocycles. The molecule has 0 aliphatic carbocycles. The van der Waals surface area contributed by atoms with Crippen LogP contribution in [0.25, 0.3) is 5.82 Å². The number of ether oxygens (including phenoxy) is 1. The smallest absolute Gasteiger partial charge is 0.404 e. The van der Waals surface area contributed by atoms with Gasteiger partial charge >= 0.3 is 6.09 Å². The summed E-state index contributed by atoms with van der Waals surface area (Å²) >= 11 is 0. The highest BCUT2D eigenvalue weighted by molar-refractivity contribution is 5.64. The largest absolute Gasteiger partial charge is 0.476 e. The fourth-order valence-corrected chi connectivity index (χ4v) is 1.33. The Morgan fingerprint density at radius 3 is 3.06 bits per heavy atom. The first-order valence-corrected chi connectivity index (χ1v) is 5.32. The van der Waals surface area contributed by atoms with Crippen molar-refractivity contribution >= 4 is 6.09 Å². The number of aromatic nitrogens is 3. The van der Waals surface area contributed by atoms with Gasteiger partial charge in [0.15, 0.2) is 5.82 Å². The summed E-state index contributed by atoms with van der Waals surface area (Å²) in [5.41, 5.74) is 0. The zero-order valence-electron chi connectivity index (χ0n) is 9.48. The molecule has 18 heavy (non-hydrogen) atoms. The molecule has 0 fully saturated rings. The molecule has 2 N–H and O–H groups in total. The molecule has 0 atom stereocenters. The van der Waals surface area contributed by atoms with Crippen LogP contribution < -0.4 is 10.1 Å². The van der Waals surface area contributed by atoms with Gasteiger partial charge in [-0.25, -0.2) is 9.48 Å². The number of rotatable bonds is 5. The second kappa shape index (κ2) is 5.67. The zero-order valence-corrected chi connectivity index (χ0v) is 9.48. The Bertz CT molecular complexity index is 513. The van der Waals surface area contributed by atoms with Crippen molar-refractivity contribution in [2.75, 3.05) is 13.2 Å². The molecule has 0 saturated carbocycles. The minimum absolute atomic E-state index is 0.211. The Morgan fingerprint density at radius 1 is 1.44 bits per heavy atom. The second-order valence-corrected chi connectivity index (χ2v) is 3.37. The predicted molar refractivity (Wildman–Crippen MR) is 62.9 cm³/mol. The molecule has 0 bridgehead atoms. The van der Waals surface area contributed by atoms with Crippen LogP contribution in [0.15, 0.2) is 36.7 Å². The third-order valence-electron chi connectivity index (χ3n) is 2.08. The van der Waals surface area contributed by atoms with E-state index in [0.29, 0.717) is 11.7 Å². The van der Waals surface area contributed by atoms with Gasteiger partial charge in [-0.2, -0.15) is 10.1 Å². The topological polar surface area (TPSA) is 89.3 Å². The van der Waals surface area contributed by atoms with Crippen molar-refractivity contribution in [1.29, 1.82) is 0 Å². The number of carbonyl (C=O) groups is 1. The summed E-state index contributed by atoms with van der Waals surface area (Å²) in [7, 11) is 0. The zero-order chi connectivity index (χ0) is 12.8. The van der Waals surface area contributed by atoms with Crippen molar-refractivity contribution in [2.45, 2.75) is 0 Å². The first-order chi connectivity index (χ1) is 8.75. The Morgan fingerprint density at radius 2 is 2.33 bits per heavy atom. The molecule has 7 nitrogen and oxygen atoms in total. The minimum atomic E-state index is -1.07. The summed E-state index contributed by atoms with van der Waals surface area (Å²) in [6.45, 7) is 0.435. The maximum absolute atomic E-state index is 10.2. The maximum Gasteiger partial charge on any atom is 0.404 e. The van der Waals surface area contributed by atoms with Crippen LogP contribution in [0.4, 0.5) is 4.79 Å². The number of nitrogens with one attached hydrogen (secondary N) is 1. The number of hydrogen-bond donors (Lipinski definition) is 2. The van der Waals surface area contributed by atoms with Gasteiger partial charge in [0.25, 0.3) is 0 Å². The summed E-state index contributed by atoms with van der Waals surface area (Å²) in [6, 6.07) is 7.10. The summed E-state index contributed by atoms with van der Waals surface area (Å²) in [4.78, 5) is 14.5. The Balaban J connectivity index is 1.94. The van der Waals surface area contributed by atoms with Crippen molar-refractivity contribution in [3.8, 4) is 11.7 Å². The molecule has 2 rings (SSSR count). The molecule has 94 valence electrons. The van der Waals surface area contributed by atoms with Gasteiger partial charge in [0.1, 0.15) is 6.61 Å². The normalized spacial score (nSPS) is 10.0. The lowest BCUT2D eigenvalue weighted by Gasteiger charge is -2.06. The highest BCUT2D eigenvalue weighted by atomic mass is 16.5. The number of hydrogen-bond acceptors (Lipinski definition) is 4. The van der Waals surface area contributed by atoms with Gasteiger partial charge in [-0.3, -0.25) is 0 Å². The van der Waals surface area contributed by atoms with Crippen LogP contribution in [0.2, 0.25) is 0 Å². The van der Waals surface area contributed by atoms with Crippen LogP contribution in [0.5, 0.6) is 5.88 Å². The van der Waals surface area contributed by atoms with Crippen LogP contribution in [-0.4, -0.2) is 39.1 Å². The molecular formula is C11H12N4O3. The molecule has 2 aromatic rings. The molecule has 0 radical (unpaired) electrons. The molecule has 0 saturated heterocycles. The SMILES string of the molecule is O=C(O)NCCOc1cccc(-n2cccn2)n1. The van der Waals surface area contributed by atoms with E-state index >= 15 is 0 Å². The molecular weight excluding hydrogens is 236 g/mol. The molecule has 1 amide bonds. The molecule has 2 heterocycles. The van der Waals surface area contributed by atoms with Crippen LogP contribution in [0.1, 0.15) is 0 Å². The van der Waals surface area contributed by atoms with Gasteiger partial charge in [-0.1, -0.05) is 6.07 Å². The van der Waals surface area contributed by atoms with E-state index in [0.717, 1.165) is 0 Å². The van der Waals surface area contributed by atoms with Crippen molar-refractivity contribution in [2.24, 2.45) is 0 Å². The summed E-state index contributed by atoms with van der Waals surface area (Å²) in [5.74, 6) is 1.07. The maximum atomic E-state index is 10.2. The average molecular weight is 248 g/mol. The van der Waals surface area contributed by atoms with Crippen LogP contribution in [0, 0.1) is 0 Å². The van der Waals surface area contributed by atoms with E-state index in [4.69, 9.17) is 9.84 Å². The van der Waals surface area contributed by atoms with E-state index in [9.17, 15) is 4.79 Å². The van der Waals surface area contributed by atoms with E-state index in [1.165, 1.54) is 0 Å². The number of carboxylic acid groups (broad SMARTS) is 1. The van der Waals surface area contributed by atoms with E-state index in [1.54, 1.807) is 41.3 Å². The Labute approximate surface area is 103 Å². The average Bonchev–Trinajstić information content (AvgIpc) is 2.89. The van der Waals surface area contributed by atoms with Crippen LogP contribution in [0.3, 0.4) is 0 Å². The lowest BCUT2D eigenvalue weighted by molar-refractivity contribution is 0.190. The van der Waals surface area contributed by atoms with Gasteiger partial charge in [0.2, 0.25) is 5.88 Å². The van der Waals surface area contributed by atoms with Gasteiger partial charge in [0.05, 0.1) is 6.54 Å². The van der Waals surface area contributed by atoms with E-state index in [2.05, 4.69) is 15.4 Å².